The van der Waals surface area contributed by atoms with E-state index in [1.54, 1.807) is 18.2 Å². The van der Waals surface area contributed by atoms with Crippen molar-refractivity contribution in [3.05, 3.63) is 46.5 Å². The largest absolute Gasteiger partial charge is 0.494 e. The third-order valence-corrected chi connectivity index (χ3v) is 8.13. The van der Waals surface area contributed by atoms with Gasteiger partial charge in [-0.1, -0.05) is 17.7 Å². The van der Waals surface area contributed by atoms with Gasteiger partial charge in [-0.25, -0.2) is 22.0 Å². The molecule has 0 saturated carbocycles. The number of benzene rings is 2. The highest BCUT2D eigenvalue weighted by atomic mass is 35.5. The SMILES string of the molecule is NS(=O)(=O)c1cc2c(cc1Cl)NCN(CCCCOc1cc(CO)cc(CO)c1)S2(=O)=O. The van der Waals surface area contributed by atoms with Gasteiger partial charge < -0.3 is 20.3 Å². The monoisotopic (exact) mass is 505 g/mol. The first-order chi connectivity index (χ1) is 15.1. The molecule has 0 saturated heterocycles. The molecule has 0 amide bonds. The standard InChI is InChI=1S/C19H24ClN3O7S2/c20-16-8-17-19(9-18(16)31(21,26)27)32(28,29)23(12-22-17)3-1-2-4-30-15-6-13(10-24)5-14(7-15)11-25/h5-9,22,24-25H,1-4,10-12H2,(H2,21,26,27). The summed E-state index contributed by atoms with van der Waals surface area (Å²) in [7, 11) is -8.13. The number of anilines is 1. The molecular weight excluding hydrogens is 482 g/mol. The van der Waals surface area contributed by atoms with Crippen LogP contribution in [0.3, 0.4) is 0 Å². The fraction of sp³-hybridized carbons (Fsp3) is 0.368. The van der Waals surface area contributed by atoms with Crippen molar-refractivity contribution in [2.24, 2.45) is 5.14 Å². The second kappa shape index (κ2) is 9.91. The Bertz CT molecular complexity index is 1180. The molecule has 2 aromatic rings. The van der Waals surface area contributed by atoms with Gasteiger partial charge in [0.2, 0.25) is 20.0 Å². The lowest BCUT2D eigenvalue weighted by Crippen LogP contribution is -2.40. The van der Waals surface area contributed by atoms with Gasteiger partial charge in [-0.05, 0) is 48.2 Å². The van der Waals surface area contributed by atoms with Crippen LogP contribution < -0.4 is 15.2 Å². The second-order valence-corrected chi connectivity index (χ2v) is 11.0. The topological polar surface area (TPSA) is 159 Å². The zero-order valence-corrected chi connectivity index (χ0v) is 19.4. The number of aliphatic hydroxyl groups is 2. The molecule has 176 valence electrons. The van der Waals surface area contributed by atoms with Crippen LogP contribution in [0.1, 0.15) is 24.0 Å². The highest BCUT2D eigenvalue weighted by Crippen LogP contribution is 2.35. The van der Waals surface area contributed by atoms with Gasteiger partial charge in [0, 0.05) is 6.54 Å². The molecule has 0 radical (unpaired) electrons. The summed E-state index contributed by atoms with van der Waals surface area (Å²) in [5.41, 5.74) is 1.45. The van der Waals surface area contributed by atoms with Crippen LogP contribution in [0.4, 0.5) is 5.69 Å². The number of nitrogens with one attached hydrogen (secondary N) is 1. The number of sulfonamides is 2. The Kier molecular flexibility index (Phi) is 7.65. The number of aliphatic hydroxyl groups excluding tert-OH is 2. The maximum Gasteiger partial charge on any atom is 0.246 e. The fourth-order valence-electron chi connectivity index (χ4n) is 3.28. The van der Waals surface area contributed by atoms with E-state index < -0.39 is 24.9 Å². The van der Waals surface area contributed by atoms with E-state index in [-0.39, 0.29) is 42.0 Å². The third kappa shape index (κ3) is 5.52. The Morgan fingerprint density at radius 2 is 1.75 bits per heavy atom. The molecular formula is C19H24ClN3O7S2. The predicted molar refractivity (Wildman–Crippen MR) is 118 cm³/mol. The third-order valence-electron chi connectivity index (χ3n) is 4.87. The Morgan fingerprint density at radius 3 is 2.34 bits per heavy atom. The normalized spacial score (nSPS) is 15.8. The van der Waals surface area contributed by atoms with E-state index in [9.17, 15) is 27.0 Å². The maximum absolute atomic E-state index is 12.9. The average molecular weight is 506 g/mol. The highest BCUT2D eigenvalue weighted by molar-refractivity contribution is 7.90. The van der Waals surface area contributed by atoms with Crippen molar-refractivity contribution >= 4 is 37.3 Å². The molecule has 0 aliphatic carbocycles. The first-order valence-corrected chi connectivity index (χ1v) is 13.0. The Hall–Kier alpha value is -1.93. The highest BCUT2D eigenvalue weighted by Gasteiger charge is 2.33. The summed E-state index contributed by atoms with van der Waals surface area (Å²) in [4.78, 5) is -0.656. The minimum absolute atomic E-state index is 0.0135. The quantitative estimate of drug-likeness (QED) is 0.370. The molecule has 5 N–H and O–H groups in total. The van der Waals surface area contributed by atoms with Crippen molar-refractivity contribution < 1.29 is 31.8 Å². The zero-order chi connectivity index (χ0) is 23.5. The van der Waals surface area contributed by atoms with Crippen molar-refractivity contribution in [2.75, 3.05) is 25.1 Å². The Balaban J connectivity index is 1.62. The van der Waals surface area contributed by atoms with Crippen LogP contribution in [0, 0.1) is 0 Å². The summed E-state index contributed by atoms with van der Waals surface area (Å²) >= 11 is 5.93. The van der Waals surface area contributed by atoms with Gasteiger partial charge in [0.05, 0.1) is 37.2 Å². The number of rotatable bonds is 9. The molecule has 3 rings (SSSR count). The van der Waals surface area contributed by atoms with Crippen LogP contribution in [0.2, 0.25) is 5.02 Å². The number of primary sulfonamides is 1. The van der Waals surface area contributed by atoms with Crippen LogP contribution in [0.15, 0.2) is 40.1 Å². The fourth-order valence-corrected chi connectivity index (χ4v) is 6.01. The molecule has 32 heavy (non-hydrogen) atoms. The molecule has 1 aliphatic rings. The molecule has 0 aromatic heterocycles. The summed E-state index contributed by atoms with van der Waals surface area (Å²) in [6.45, 7) is 0.153. The number of hydrogen-bond donors (Lipinski definition) is 4. The molecule has 2 aromatic carbocycles. The van der Waals surface area contributed by atoms with Gasteiger partial charge in [0.15, 0.2) is 0 Å². The molecule has 0 spiro atoms. The van der Waals surface area contributed by atoms with E-state index in [4.69, 9.17) is 21.5 Å². The zero-order valence-electron chi connectivity index (χ0n) is 17.0. The molecule has 1 aliphatic heterocycles. The molecule has 13 heteroatoms. The number of halogens is 1. The van der Waals surface area contributed by atoms with Crippen molar-refractivity contribution in [3.8, 4) is 5.75 Å². The summed E-state index contributed by atoms with van der Waals surface area (Å²) in [5, 5.41) is 26.5. The number of nitrogens with zero attached hydrogens (tertiary/aromatic N) is 1. The van der Waals surface area contributed by atoms with Gasteiger partial charge >= 0.3 is 0 Å². The predicted octanol–water partition coefficient (Wildman–Crippen LogP) is 1.20. The van der Waals surface area contributed by atoms with Gasteiger partial charge in [0.25, 0.3) is 0 Å². The van der Waals surface area contributed by atoms with Crippen molar-refractivity contribution in [1.82, 2.24) is 4.31 Å². The second-order valence-electron chi connectivity index (χ2n) is 7.20. The summed E-state index contributed by atoms with van der Waals surface area (Å²) in [5.74, 6) is 0.509. The van der Waals surface area contributed by atoms with E-state index in [0.29, 0.717) is 36.3 Å². The van der Waals surface area contributed by atoms with Gasteiger partial charge in [0.1, 0.15) is 15.5 Å². The minimum Gasteiger partial charge on any atom is -0.494 e. The molecule has 10 nitrogen and oxygen atoms in total. The van der Waals surface area contributed by atoms with Gasteiger partial charge in [-0.15, -0.1) is 0 Å². The molecule has 0 bridgehead atoms. The van der Waals surface area contributed by atoms with Crippen molar-refractivity contribution in [2.45, 2.75) is 35.8 Å². The number of hydrogen-bond acceptors (Lipinski definition) is 8. The lowest BCUT2D eigenvalue weighted by atomic mass is 10.1. The van der Waals surface area contributed by atoms with Crippen LogP contribution in [0.25, 0.3) is 0 Å². The number of fused-ring (bicyclic) bond motifs is 1. The average Bonchev–Trinajstić information content (AvgIpc) is 2.73. The number of unbranched alkanes of at least 4 members (excludes halogenated alkanes) is 1. The van der Waals surface area contributed by atoms with E-state index in [1.165, 1.54) is 10.4 Å². The first kappa shape index (κ1) is 24.7. The summed E-state index contributed by atoms with van der Waals surface area (Å²) in [6, 6.07) is 7.22. The van der Waals surface area contributed by atoms with Crippen LogP contribution >= 0.6 is 11.6 Å². The Morgan fingerprint density at radius 1 is 1.09 bits per heavy atom. The van der Waals surface area contributed by atoms with Crippen molar-refractivity contribution in [3.63, 3.8) is 0 Å². The lowest BCUT2D eigenvalue weighted by Gasteiger charge is -2.29. The first-order valence-electron chi connectivity index (χ1n) is 9.64. The van der Waals surface area contributed by atoms with E-state index in [0.717, 1.165) is 6.07 Å². The van der Waals surface area contributed by atoms with Gasteiger partial charge in [-0.2, -0.15) is 4.31 Å². The summed E-state index contributed by atoms with van der Waals surface area (Å²) in [6.07, 6.45) is 1.03. The molecule has 1 heterocycles. The van der Waals surface area contributed by atoms with E-state index >= 15 is 0 Å². The number of nitrogens with two attached hydrogens (primary N) is 1. The number of ether oxygens (including phenoxy) is 1. The lowest BCUT2D eigenvalue weighted by molar-refractivity contribution is 0.269. The molecule has 0 unspecified atom stereocenters. The van der Waals surface area contributed by atoms with E-state index in [2.05, 4.69) is 5.32 Å². The smallest absolute Gasteiger partial charge is 0.246 e. The molecule has 0 atom stereocenters. The summed E-state index contributed by atoms with van der Waals surface area (Å²) < 4.78 is 56.1. The van der Waals surface area contributed by atoms with Crippen LogP contribution in [0.5, 0.6) is 5.75 Å². The minimum atomic E-state index is -4.19. The van der Waals surface area contributed by atoms with Gasteiger partial charge in [-0.3, -0.25) is 0 Å². The van der Waals surface area contributed by atoms with Crippen molar-refractivity contribution in [1.29, 1.82) is 0 Å². The molecule has 0 fully saturated rings. The van der Waals surface area contributed by atoms with E-state index in [1.807, 2.05) is 0 Å². The Labute approximate surface area is 191 Å². The van der Waals surface area contributed by atoms with Crippen LogP contribution in [-0.2, 0) is 33.3 Å². The maximum atomic E-state index is 12.9. The van der Waals surface area contributed by atoms with Crippen LogP contribution in [-0.4, -0.2) is 51.2 Å².